The molecular weight excluding hydrogens is 424 g/mol. The minimum atomic E-state index is -1.15. The molecule has 0 bridgehead atoms. The fourth-order valence-corrected chi connectivity index (χ4v) is 4.43. The van der Waals surface area contributed by atoms with Crippen LogP contribution in [-0.2, 0) is 20.8 Å². The SMILES string of the molecule is Cc1nc(COC[C@H]2O[C@@H](n3cnc4c(NC5CCOC5)ncnc43)[C@@H](O)[C@H]2O)cs1. The molecule has 0 spiro atoms. The molecule has 1 unspecified atom stereocenters. The van der Waals surface area contributed by atoms with E-state index >= 15 is 0 Å². The predicted octanol–water partition coefficient (Wildman–Crippen LogP) is 0.628. The number of aryl methyl sites for hydroxylation is 1. The molecule has 5 atom stereocenters. The van der Waals surface area contributed by atoms with Gasteiger partial charge in [0.15, 0.2) is 23.2 Å². The first kappa shape index (κ1) is 20.7. The third-order valence-corrected chi connectivity index (χ3v) is 6.26. The quantitative estimate of drug-likeness (QED) is 0.472. The number of anilines is 1. The average Bonchev–Trinajstić information content (AvgIpc) is 3.54. The molecule has 2 fully saturated rings. The number of ether oxygens (including phenoxy) is 3. The van der Waals surface area contributed by atoms with Gasteiger partial charge in [0.25, 0.3) is 0 Å². The van der Waals surface area contributed by atoms with Crippen molar-refractivity contribution < 1.29 is 24.4 Å². The Hall–Kier alpha value is -2.22. The van der Waals surface area contributed by atoms with Crippen molar-refractivity contribution in [2.24, 2.45) is 0 Å². The summed E-state index contributed by atoms with van der Waals surface area (Å²) < 4.78 is 18.6. The van der Waals surface area contributed by atoms with Crippen LogP contribution in [-0.4, -0.2) is 78.9 Å². The normalized spacial score (nSPS) is 28.5. The number of aromatic nitrogens is 5. The highest BCUT2D eigenvalue weighted by Crippen LogP contribution is 2.32. The molecule has 2 saturated heterocycles. The van der Waals surface area contributed by atoms with Gasteiger partial charge in [0.05, 0.1) is 42.9 Å². The topological polar surface area (TPSA) is 137 Å². The van der Waals surface area contributed by atoms with Crippen LogP contribution in [0.15, 0.2) is 18.0 Å². The lowest BCUT2D eigenvalue weighted by molar-refractivity contribution is -0.0685. The highest BCUT2D eigenvalue weighted by atomic mass is 32.1. The first-order chi connectivity index (χ1) is 15.1. The maximum atomic E-state index is 10.6. The standard InChI is InChI=1S/C19H24N6O5S/c1-10-23-12(7-31-10)5-29-6-13-15(26)16(27)19(30-13)25-9-22-14-17(20-8-21-18(14)25)24-11-2-3-28-4-11/h7-9,11,13,15-16,19,26-27H,2-6H2,1H3,(H,20,21,24)/t11?,13-,15+,16+,19-/m1/s1. The van der Waals surface area contributed by atoms with Crippen molar-refractivity contribution in [3.05, 3.63) is 28.7 Å². The molecule has 2 aliphatic heterocycles. The Balaban J connectivity index is 1.29. The molecule has 12 heteroatoms. The number of nitrogens with one attached hydrogen (secondary N) is 1. The summed E-state index contributed by atoms with van der Waals surface area (Å²) in [6.07, 6.45) is 0.0897. The molecule has 3 N–H and O–H groups in total. The molecule has 3 aromatic heterocycles. The average molecular weight is 449 g/mol. The van der Waals surface area contributed by atoms with Crippen LogP contribution in [0.2, 0.25) is 0 Å². The van der Waals surface area contributed by atoms with E-state index in [2.05, 4.69) is 25.3 Å². The predicted molar refractivity (Wildman–Crippen MR) is 111 cm³/mol. The molecule has 5 rings (SSSR count). The number of fused-ring (bicyclic) bond motifs is 1. The Kier molecular flexibility index (Phi) is 5.82. The lowest BCUT2D eigenvalue weighted by Gasteiger charge is -2.17. The van der Waals surface area contributed by atoms with Gasteiger partial charge >= 0.3 is 0 Å². The van der Waals surface area contributed by atoms with Gasteiger partial charge in [0.2, 0.25) is 0 Å². The second-order valence-electron chi connectivity index (χ2n) is 7.67. The van der Waals surface area contributed by atoms with Gasteiger partial charge < -0.3 is 29.7 Å². The monoisotopic (exact) mass is 448 g/mol. The molecule has 31 heavy (non-hydrogen) atoms. The Bertz CT molecular complexity index is 1040. The van der Waals surface area contributed by atoms with E-state index in [4.69, 9.17) is 14.2 Å². The van der Waals surface area contributed by atoms with E-state index in [9.17, 15) is 10.2 Å². The largest absolute Gasteiger partial charge is 0.387 e. The van der Waals surface area contributed by atoms with Crippen molar-refractivity contribution in [2.45, 2.75) is 50.5 Å². The molecule has 0 saturated carbocycles. The van der Waals surface area contributed by atoms with Crippen molar-refractivity contribution >= 4 is 28.3 Å². The number of thiazole rings is 1. The van der Waals surface area contributed by atoms with Gasteiger partial charge in [-0.3, -0.25) is 4.57 Å². The smallest absolute Gasteiger partial charge is 0.167 e. The highest BCUT2D eigenvalue weighted by molar-refractivity contribution is 7.09. The number of imidazole rings is 1. The van der Waals surface area contributed by atoms with Gasteiger partial charge in [-0.15, -0.1) is 11.3 Å². The Morgan fingerprint density at radius 3 is 2.97 bits per heavy atom. The second kappa shape index (κ2) is 8.73. The fourth-order valence-electron chi connectivity index (χ4n) is 3.84. The van der Waals surface area contributed by atoms with Crippen LogP contribution in [0.4, 0.5) is 5.82 Å². The second-order valence-corrected chi connectivity index (χ2v) is 8.73. The van der Waals surface area contributed by atoms with Crippen LogP contribution in [0.5, 0.6) is 0 Å². The summed E-state index contributed by atoms with van der Waals surface area (Å²) in [5.41, 5.74) is 1.91. The summed E-state index contributed by atoms with van der Waals surface area (Å²) >= 11 is 1.55. The van der Waals surface area contributed by atoms with E-state index in [1.165, 1.54) is 12.7 Å². The number of aliphatic hydroxyl groups excluding tert-OH is 2. The van der Waals surface area contributed by atoms with E-state index in [0.29, 0.717) is 36.8 Å². The zero-order chi connectivity index (χ0) is 21.4. The Morgan fingerprint density at radius 1 is 1.29 bits per heavy atom. The van der Waals surface area contributed by atoms with E-state index in [0.717, 1.165) is 17.1 Å². The summed E-state index contributed by atoms with van der Waals surface area (Å²) in [6, 6.07) is 0.168. The summed E-state index contributed by atoms with van der Waals surface area (Å²) in [6.45, 7) is 3.71. The minimum absolute atomic E-state index is 0.126. The van der Waals surface area contributed by atoms with Crippen LogP contribution >= 0.6 is 11.3 Å². The first-order valence-corrected chi connectivity index (χ1v) is 11.0. The zero-order valence-electron chi connectivity index (χ0n) is 16.9. The summed E-state index contributed by atoms with van der Waals surface area (Å²) in [5, 5.41) is 27.3. The summed E-state index contributed by atoms with van der Waals surface area (Å²) in [5.74, 6) is 0.603. The molecule has 5 heterocycles. The zero-order valence-corrected chi connectivity index (χ0v) is 17.7. The van der Waals surface area contributed by atoms with Gasteiger partial charge in [0.1, 0.15) is 24.6 Å². The van der Waals surface area contributed by atoms with Crippen LogP contribution in [0.1, 0.15) is 23.4 Å². The van der Waals surface area contributed by atoms with Crippen molar-refractivity contribution in [1.82, 2.24) is 24.5 Å². The Morgan fingerprint density at radius 2 is 2.19 bits per heavy atom. The van der Waals surface area contributed by atoms with Gasteiger partial charge in [-0.05, 0) is 13.3 Å². The number of rotatable bonds is 7. The van der Waals surface area contributed by atoms with E-state index in [1.807, 2.05) is 12.3 Å². The van der Waals surface area contributed by atoms with Gasteiger partial charge in [0, 0.05) is 12.0 Å². The maximum Gasteiger partial charge on any atom is 0.167 e. The van der Waals surface area contributed by atoms with E-state index < -0.39 is 24.5 Å². The third-order valence-electron chi connectivity index (χ3n) is 5.44. The highest BCUT2D eigenvalue weighted by Gasteiger charge is 2.44. The van der Waals surface area contributed by atoms with Crippen molar-refractivity contribution in [2.75, 3.05) is 25.1 Å². The van der Waals surface area contributed by atoms with Gasteiger partial charge in [-0.1, -0.05) is 0 Å². The maximum absolute atomic E-state index is 10.6. The van der Waals surface area contributed by atoms with Crippen molar-refractivity contribution in [3.8, 4) is 0 Å². The molecule has 11 nitrogen and oxygen atoms in total. The summed E-state index contributed by atoms with van der Waals surface area (Å²) in [7, 11) is 0. The third kappa shape index (κ3) is 4.14. The number of hydrogen-bond acceptors (Lipinski definition) is 11. The van der Waals surface area contributed by atoms with Crippen molar-refractivity contribution in [3.63, 3.8) is 0 Å². The number of hydrogen-bond donors (Lipinski definition) is 3. The van der Waals surface area contributed by atoms with Crippen molar-refractivity contribution in [1.29, 1.82) is 0 Å². The van der Waals surface area contributed by atoms with E-state index in [1.54, 1.807) is 15.9 Å². The van der Waals surface area contributed by atoms with E-state index in [-0.39, 0.29) is 12.6 Å². The molecule has 0 aliphatic carbocycles. The molecular formula is C19H24N6O5S. The molecule has 166 valence electrons. The van der Waals surface area contributed by atoms with Crippen LogP contribution in [0.3, 0.4) is 0 Å². The van der Waals surface area contributed by atoms with Crippen LogP contribution in [0, 0.1) is 6.92 Å². The lowest BCUT2D eigenvalue weighted by atomic mass is 10.1. The Labute approximate surface area is 182 Å². The van der Waals surface area contributed by atoms with Crippen LogP contribution < -0.4 is 5.32 Å². The first-order valence-electron chi connectivity index (χ1n) is 10.1. The minimum Gasteiger partial charge on any atom is -0.387 e. The van der Waals surface area contributed by atoms with Crippen LogP contribution in [0.25, 0.3) is 11.2 Å². The molecule has 3 aromatic rings. The molecule has 2 aliphatic rings. The summed E-state index contributed by atoms with van der Waals surface area (Å²) in [4.78, 5) is 17.4. The molecule has 0 amide bonds. The van der Waals surface area contributed by atoms with Gasteiger partial charge in [-0.25, -0.2) is 19.9 Å². The fraction of sp³-hybridized carbons (Fsp3) is 0.579. The number of aliphatic hydroxyl groups is 2. The lowest BCUT2D eigenvalue weighted by Crippen LogP contribution is -2.33. The molecule has 0 aromatic carbocycles. The van der Waals surface area contributed by atoms with Gasteiger partial charge in [-0.2, -0.15) is 0 Å². The number of nitrogens with zero attached hydrogens (tertiary/aromatic N) is 5. The molecule has 0 radical (unpaired) electrons.